The van der Waals surface area contributed by atoms with Gasteiger partial charge < -0.3 is 10.6 Å². The van der Waals surface area contributed by atoms with Crippen LogP contribution in [0.15, 0.2) is 4.60 Å². The molecule has 0 radical (unpaired) electrons. The number of carbonyl (C=O) groups excluding carboxylic acids is 1. The van der Waals surface area contributed by atoms with Crippen LogP contribution in [0, 0.1) is 10.1 Å². The van der Waals surface area contributed by atoms with Crippen molar-refractivity contribution in [2.75, 3.05) is 37.6 Å². The fraction of sp³-hybridized carbons (Fsp3) is 0.600. The molecule has 0 bridgehead atoms. The Bertz CT molecular complexity index is 537. The SMILES string of the molecule is Cn1nc(Br)c([N+](=O)[O-])c1N1CCN(CC(N)=O)CC1. The molecular formula is C10H15BrN6O3. The number of hydrogen-bond acceptors (Lipinski definition) is 6. The van der Waals surface area contributed by atoms with Gasteiger partial charge in [0.25, 0.3) is 0 Å². The van der Waals surface area contributed by atoms with E-state index in [0.717, 1.165) is 0 Å². The number of halogens is 1. The minimum Gasteiger partial charge on any atom is -0.369 e. The molecule has 20 heavy (non-hydrogen) atoms. The summed E-state index contributed by atoms with van der Waals surface area (Å²) in [6.45, 7) is 2.64. The molecule has 2 rings (SSSR count). The van der Waals surface area contributed by atoms with Gasteiger partial charge in [-0.1, -0.05) is 0 Å². The number of piperazine rings is 1. The van der Waals surface area contributed by atoms with E-state index < -0.39 is 4.92 Å². The third kappa shape index (κ3) is 2.90. The van der Waals surface area contributed by atoms with Crippen molar-refractivity contribution in [3.8, 4) is 0 Å². The summed E-state index contributed by atoms with van der Waals surface area (Å²) in [5.74, 6) is 0.105. The third-order valence-electron chi connectivity index (χ3n) is 3.19. The number of aromatic nitrogens is 2. The summed E-state index contributed by atoms with van der Waals surface area (Å²) in [6.07, 6.45) is 0. The average molecular weight is 347 g/mol. The fourth-order valence-corrected chi connectivity index (χ4v) is 2.88. The van der Waals surface area contributed by atoms with E-state index in [4.69, 9.17) is 5.73 Å². The van der Waals surface area contributed by atoms with Crippen LogP contribution in [0.2, 0.25) is 0 Å². The van der Waals surface area contributed by atoms with Crippen LogP contribution < -0.4 is 10.6 Å². The molecule has 2 N–H and O–H groups in total. The summed E-state index contributed by atoms with van der Waals surface area (Å²) >= 11 is 3.11. The molecule has 9 nitrogen and oxygen atoms in total. The van der Waals surface area contributed by atoms with Gasteiger partial charge in [0.15, 0.2) is 0 Å². The highest BCUT2D eigenvalue weighted by molar-refractivity contribution is 9.10. The molecule has 1 aliphatic heterocycles. The highest BCUT2D eigenvalue weighted by Gasteiger charge is 2.31. The molecule has 0 spiro atoms. The molecule has 0 aliphatic carbocycles. The van der Waals surface area contributed by atoms with Gasteiger partial charge in [-0.2, -0.15) is 5.10 Å². The van der Waals surface area contributed by atoms with Crippen molar-refractivity contribution in [3.05, 3.63) is 14.7 Å². The first-order valence-electron chi connectivity index (χ1n) is 6.02. The van der Waals surface area contributed by atoms with Gasteiger partial charge in [-0.05, 0) is 15.9 Å². The quantitative estimate of drug-likeness (QED) is 0.591. The summed E-state index contributed by atoms with van der Waals surface area (Å²) < 4.78 is 1.71. The van der Waals surface area contributed by atoms with Crippen LogP contribution in [-0.4, -0.2) is 58.2 Å². The molecule has 10 heteroatoms. The standard InChI is InChI=1S/C10H15BrN6O3/c1-14-10(8(17(19)20)9(11)13-14)16-4-2-15(3-5-16)6-7(12)18/h2-6H2,1H3,(H2,12,18). The van der Waals surface area contributed by atoms with E-state index in [9.17, 15) is 14.9 Å². The molecule has 1 saturated heterocycles. The molecular weight excluding hydrogens is 332 g/mol. The molecule has 1 aliphatic rings. The van der Waals surface area contributed by atoms with Crippen molar-refractivity contribution in [2.45, 2.75) is 0 Å². The average Bonchev–Trinajstić information content (AvgIpc) is 2.64. The van der Waals surface area contributed by atoms with E-state index in [0.29, 0.717) is 32.0 Å². The molecule has 1 aromatic rings. The lowest BCUT2D eigenvalue weighted by Gasteiger charge is -2.34. The Hall–Kier alpha value is -1.68. The summed E-state index contributed by atoms with van der Waals surface area (Å²) in [5, 5.41) is 15.2. The first-order valence-corrected chi connectivity index (χ1v) is 6.82. The van der Waals surface area contributed by atoms with E-state index in [1.165, 1.54) is 4.68 Å². The number of rotatable bonds is 4. The van der Waals surface area contributed by atoms with Gasteiger partial charge in [-0.25, -0.2) is 4.68 Å². The summed E-state index contributed by atoms with van der Waals surface area (Å²) in [6, 6.07) is 0. The van der Waals surface area contributed by atoms with Crippen molar-refractivity contribution < 1.29 is 9.72 Å². The summed E-state index contributed by atoms with van der Waals surface area (Å²) in [7, 11) is 1.67. The lowest BCUT2D eigenvalue weighted by atomic mass is 10.3. The maximum absolute atomic E-state index is 11.1. The molecule has 110 valence electrons. The second-order valence-corrected chi connectivity index (χ2v) is 5.32. The number of nitro groups is 1. The minimum absolute atomic E-state index is 0.0316. The Labute approximate surface area is 123 Å². The number of hydrogen-bond donors (Lipinski definition) is 1. The number of aryl methyl sites for hydroxylation is 1. The largest absolute Gasteiger partial charge is 0.369 e. The lowest BCUT2D eigenvalue weighted by molar-refractivity contribution is -0.385. The highest BCUT2D eigenvalue weighted by Crippen LogP contribution is 2.35. The molecule has 0 saturated carbocycles. The summed E-state index contributed by atoms with van der Waals surface area (Å²) in [4.78, 5) is 25.4. The molecule has 1 fully saturated rings. The predicted octanol–water partition coefficient (Wildman–Crippen LogP) is -0.302. The topological polar surface area (TPSA) is 111 Å². The fourth-order valence-electron chi connectivity index (χ4n) is 2.32. The van der Waals surface area contributed by atoms with Gasteiger partial charge in [0.1, 0.15) is 0 Å². The Balaban J connectivity index is 2.15. The number of nitrogens with two attached hydrogens (primary N) is 1. The first kappa shape index (κ1) is 14.7. The van der Waals surface area contributed by atoms with Crippen molar-refractivity contribution in [1.82, 2.24) is 14.7 Å². The Morgan fingerprint density at radius 1 is 1.45 bits per heavy atom. The molecule has 0 unspecified atom stereocenters. The van der Waals surface area contributed by atoms with Gasteiger partial charge in [0.2, 0.25) is 16.3 Å². The zero-order valence-corrected chi connectivity index (χ0v) is 12.5. The molecule has 2 heterocycles. The van der Waals surface area contributed by atoms with Gasteiger partial charge in [0, 0.05) is 33.2 Å². The van der Waals surface area contributed by atoms with Gasteiger partial charge in [-0.15, -0.1) is 0 Å². The van der Waals surface area contributed by atoms with E-state index in [1.54, 1.807) is 7.05 Å². The summed E-state index contributed by atoms with van der Waals surface area (Å²) in [5.41, 5.74) is 5.12. The Morgan fingerprint density at radius 2 is 2.05 bits per heavy atom. The van der Waals surface area contributed by atoms with Crippen LogP contribution in [0.5, 0.6) is 0 Å². The Kier molecular flexibility index (Phi) is 4.23. The highest BCUT2D eigenvalue weighted by atomic mass is 79.9. The van der Waals surface area contributed by atoms with Crippen molar-refractivity contribution >= 4 is 33.3 Å². The maximum Gasteiger partial charge on any atom is 0.345 e. The normalized spacial score (nSPS) is 16.4. The minimum atomic E-state index is -0.442. The van der Waals surface area contributed by atoms with Crippen LogP contribution in [0.3, 0.4) is 0 Å². The van der Waals surface area contributed by atoms with Gasteiger partial charge >= 0.3 is 5.69 Å². The second-order valence-electron chi connectivity index (χ2n) is 4.57. The van der Waals surface area contributed by atoms with Gasteiger partial charge in [0.05, 0.1) is 11.5 Å². The van der Waals surface area contributed by atoms with Crippen molar-refractivity contribution in [1.29, 1.82) is 0 Å². The van der Waals surface area contributed by atoms with E-state index in [2.05, 4.69) is 21.0 Å². The van der Waals surface area contributed by atoms with Crippen molar-refractivity contribution in [3.63, 3.8) is 0 Å². The predicted molar refractivity (Wildman–Crippen MR) is 75.4 cm³/mol. The van der Waals surface area contributed by atoms with E-state index >= 15 is 0 Å². The molecule has 0 atom stereocenters. The molecule has 1 amide bonds. The monoisotopic (exact) mass is 346 g/mol. The smallest absolute Gasteiger partial charge is 0.345 e. The lowest BCUT2D eigenvalue weighted by Crippen LogP contribution is -2.49. The molecule has 1 aromatic heterocycles. The van der Waals surface area contributed by atoms with E-state index in [1.807, 2.05) is 9.80 Å². The number of primary amides is 1. The maximum atomic E-state index is 11.1. The zero-order chi connectivity index (χ0) is 14.9. The number of carbonyl (C=O) groups is 1. The third-order valence-corrected chi connectivity index (χ3v) is 3.72. The van der Waals surface area contributed by atoms with Crippen LogP contribution >= 0.6 is 15.9 Å². The molecule has 0 aromatic carbocycles. The van der Waals surface area contributed by atoms with E-state index in [-0.39, 0.29) is 22.7 Å². The first-order chi connectivity index (χ1) is 9.40. The zero-order valence-electron chi connectivity index (χ0n) is 11.0. The van der Waals surface area contributed by atoms with Crippen molar-refractivity contribution in [2.24, 2.45) is 12.8 Å². The Morgan fingerprint density at radius 3 is 2.55 bits per heavy atom. The van der Waals surface area contributed by atoms with Crippen LogP contribution in [0.25, 0.3) is 0 Å². The number of nitrogens with zero attached hydrogens (tertiary/aromatic N) is 5. The second kappa shape index (κ2) is 5.75. The number of amides is 1. The number of anilines is 1. The van der Waals surface area contributed by atoms with Crippen LogP contribution in [-0.2, 0) is 11.8 Å². The van der Waals surface area contributed by atoms with Gasteiger partial charge in [-0.3, -0.25) is 19.8 Å². The van der Waals surface area contributed by atoms with Crippen LogP contribution in [0.1, 0.15) is 0 Å². The van der Waals surface area contributed by atoms with Crippen LogP contribution in [0.4, 0.5) is 11.5 Å².